The summed E-state index contributed by atoms with van der Waals surface area (Å²) in [6.45, 7) is 0. The maximum Gasteiger partial charge on any atom is 0.230 e. The Labute approximate surface area is 157 Å². The summed E-state index contributed by atoms with van der Waals surface area (Å²) in [5.74, 6) is 0.116. The summed E-state index contributed by atoms with van der Waals surface area (Å²) in [6, 6.07) is 14.9. The van der Waals surface area contributed by atoms with Crippen molar-refractivity contribution in [2.24, 2.45) is 5.92 Å². The van der Waals surface area contributed by atoms with E-state index >= 15 is 0 Å². The molecule has 0 bridgehead atoms. The van der Waals surface area contributed by atoms with Gasteiger partial charge in [-0.3, -0.25) is 9.59 Å². The Morgan fingerprint density at radius 1 is 1.19 bits per heavy atom. The number of carbonyl (C=O) groups is 2. The van der Waals surface area contributed by atoms with Crippen molar-refractivity contribution in [2.75, 3.05) is 19.5 Å². The minimum Gasteiger partial charge on any atom is -0.497 e. The number of nitrogens with zero attached hydrogens (tertiary/aromatic N) is 1. The van der Waals surface area contributed by atoms with E-state index in [-0.39, 0.29) is 24.3 Å². The molecule has 0 saturated carbocycles. The number of ether oxygens (including phenoxy) is 1. The molecule has 138 valence electrons. The molecule has 2 amide bonds. The normalized spacial score (nSPS) is 19.5. The van der Waals surface area contributed by atoms with Crippen molar-refractivity contribution in [1.82, 2.24) is 9.88 Å². The first-order chi connectivity index (χ1) is 13.1. The zero-order chi connectivity index (χ0) is 19.0. The Kier molecular flexibility index (Phi) is 4.32. The summed E-state index contributed by atoms with van der Waals surface area (Å²) < 4.78 is 5.20. The number of aromatic nitrogens is 1. The molecule has 1 saturated heterocycles. The van der Waals surface area contributed by atoms with Crippen LogP contribution in [0, 0.1) is 5.92 Å². The third-order valence-corrected chi connectivity index (χ3v) is 5.20. The van der Waals surface area contributed by atoms with Gasteiger partial charge in [-0.15, -0.1) is 0 Å². The number of fused-ring (bicyclic) bond motifs is 1. The van der Waals surface area contributed by atoms with Crippen LogP contribution in [0.4, 0.5) is 5.69 Å². The second-order valence-corrected chi connectivity index (χ2v) is 6.80. The molecule has 2 N–H and O–H groups in total. The number of amides is 2. The Bertz CT molecular complexity index is 993. The van der Waals surface area contributed by atoms with E-state index in [1.165, 1.54) is 0 Å². The number of H-pyrrole nitrogens is 1. The predicted molar refractivity (Wildman–Crippen MR) is 104 cm³/mol. The van der Waals surface area contributed by atoms with Crippen molar-refractivity contribution < 1.29 is 14.3 Å². The van der Waals surface area contributed by atoms with Gasteiger partial charge in [-0.2, -0.15) is 0 Å². The summed E-state index contributed by atoms with van der Waals surface area (Å²) in [5.41, 5.74) is 2.66. The van der Waals surface area contributed by atoms with E-state index in [1.807, 2.05) is 54.7 Å². The molecule has 6 nitrogen and oxygen atoms in total. The van der Waals surface area contributed by atoms with E-state index in [0.29, 0.717) is 0 Å². The van der Waals surface area contributed by atoms with Crippen molar-refractivity contribution in [3.63, 3.8) is 0 Å². The number of rotatable bonds is 4. The van der Waals surface area contributed by atoms with Crippen LogP contribution in [-0.2, 0) is 9.59 Å². The first-order valence-electron chi connectivity index (χ1n) is 8.84. The molecule has 4 rings (SSSR count). The largest absolute Gasteiger partial charge is 0.497 e. The second-order valence-electron chi connectivity index (χ2n) is 6.80. The molecule has 0 aliphatic carbocycles. The van der Waals surface area contributed by atoms with Gasteiger partial charge >= 0.3 is 0 Å². The van der Waals surface area contributed by atoms with Crippen molar-refractivity contribution >= 4 is 28.4 Å². The van der Waals surface area contributed by atoms with E-state index in [9.17, 15) is 9.59 Å². The van der Waals surface area contributed by atoms with Gasteiger partial charge in [0.25, 0.3) is 0 Å². The fourth-order valence-corrected chi connectivity index (χ4v) is 3.73. The number of benzene rings is 2. The van der Waals surface area contributed by atoms with Gasteiger partial charge in [0.05, 0.1) is 19.1 Å². The van der Waals surface area contributed by atoms with Crippen LogP contribution in [0.2, 0.25) is 0 Å². The summed E-state index contributed by atoms with van der Waals surface area (Å²) >= 11 is 0. The van der Waals surface area contributed by atoms with Gasteiger partial charge in [-0.25, -0.2) is 0 Å². The van der Waals surface area contributed by atoms with Crippen LogP contribution >= 0.6 is 0 Å². The van der Waals surface area contributed by atoms with Crippen LogP contribution < -0.4 is 10.1 Å². The average molecular weight is 363 g/mol. The summed E-state index contributed by atoms with van der Waals surface area (Å²) in [4.78, 5) is 30.1. The van der Waals surface area contributed by atoms with Gasteiger partial charge in [-0.05, 0) is 42.0 Å². The second kappa shape index (κ2) is 6.79. The molecular formula is C21H21N3O3. The first kappa shape index (κ1) is 17.1. The number of hydrogen-bond donors (Lipinski definition) is 2. The number of hydrogen-bond acceptors (Lipinski definition) is 3. The highest BCUT2D eigenvalue weighted by Gasteiger charge is 2.42. The summed E-state index contributed by atoms with van der Waals surface area (Å²) in [6.07, 6.45) is 2.06. The minimum absolute atomic E-state index is 0.0305. The van der Waals surface area contributed by atoms with E-state index in [2.05, 4.69) is 10.3 Å². The number of likely N-dealkylation sites (tertiary alicyclic amines) is 1. The Balaban J connectivity index is 1.59. The van der Waals surface area contributed by atoms with Crippen LogP contribution in [0.15, 0.2) is 54.7 Å². The highest BCUT2D eigenvalue weighted by atomic mass is 16.5. The van der Waals surface area contributed by atoms with Crippen LogP contribution in [0.5, 0.6) is 5.75 Å². The van der Waals surface area contributed by atoms with Crippen LogP contribution in [-0.4, -0.2) is 35.9 Å². The lowest BCUT2D eigenvalue weighted by Crippen LogP contribution is -2.30. The van der Waals surface area contributed by atoms with Crippen LogP contribution in [0.3, 0.4) is 0 Å². The maximum atomic E-state index is 13.0. The number of nitrogens with one attached hydrogen (secondary N) is 2. The molecule has 27 heavy (non-hydrogen) atoms. The molecule has 1 fully saturated rings. The molecule has 3 aromatic rings. The average Bonchev–Trinajstić information content (AvgIpc) is 3.26. The zero-order valence-corrected chi connectivity index (χ0v) is 15.2. The monoisotopic (exact) mass is 363 g/mol. The molecule has 1 aromatic heterocycles. The smallest absolute Gasteiger partial charge is 0.230 e. The molecule has 1 aliphatic heterocycles. The third-order valence-electron chi connectivity index (χ3n) is 5.20. The van der Waals surface area contributed by atoms with E-state index < -0.39 is 5.92 Å². The predicted octanol–water partition coefficient (Wildman–Crippen LogP) is 3.33. The quantitative estimate of drug-likeness (QED) is 0.747. The van der Waals surface area contributed by atoms with Crippen LogP contribution in [0.1, 0.15) is 18.0 Å². The lowest BCUT2D eigenvalue weighted by atomic mass is 9.92. The zero-order valence-electron chi connectivity index (χ0n) is 15.2. The molecule has 1 aliphatic rings. The van der Waals surface area contributed by atoms with Gasteiger partial charge in [0, 0.05) is 36.3 Å². The highest BCUT2D eigenvalue weighted by Crippen LogP contribution is 2.38. The van der Waals surface area contributed by atoms with Crippen LogP contribution in [0.25, 0.3) is 10.9 Å². The van der Waals surface area contributed by atoms with E-state index in [1.54, 1.807) is 19.1 Å². The summed E-state index contributed by atoms with van der Waals surface area (Å²) in [7, 11) is 3.36. The van der Waals surface area contributed by atoms with Gasteiger partial charge in [-0.1, -0.05) is 12.1 Å². The van der Waals surface area contributed by atoms with Crippen molar-refractivity contribution in [3.8, 4) is 5.75 Å². The van der Waals surface area contributed by atoms with Crippen molar-refractivity contribution in [1.29, 1.82) is 0 Å². The lowest BCUT2D eigenvalue weighted by Gasteiger charge is -2.25. The SMILES string of the molecule is COc1ccc(C2C(C(=O)Nc3ccc4[nH]ccc4c3)CC(=O)N2C)cc1. The Morgan fingerprint density at radius 3 is 2.70 bits per heavy atom. The number of methoxy groups -OCH3 is 1. The summed E-state index contributed by atoms with van der Waals surface area (Å²) in [5, 5.41) is 4.00. The number of anilines is 1. The van der Waals surface area contributed by atoms with Gasteiger partial charge in [0.15, 0.2) is 0 Å². The fourth-order valence-electron chi connectivity index (χ4n) is 3.73. The number of carbonyl (C=O) groups excluding carboxylic acids is 2. The Hall–Kier alpha value is -3.28. The van der Waals surface area contributed by atoms with Gasteiger partial charge in [0.1, 0.15) is 5.75 Å². The molecule has 0 spiro atoms. The molecule has 2 atom stereocenters. The first-order valence-corrected chi connectivity index (χ1v) is 8.84. The number of aromatic amines is 1. The third kappa shape index (κ3) is 3.14. The molecule has 2 unspecified atom stereocenters. The van der Waals surface area contributed by atoms with E-state index in [4.69, 9.17) is 4.74 Å². The highest BCUT2D eigenvalue weighted by molar-refractivity contribution is 5.99. The Morgan fingerprint density at radius 2 is 1.96 bits per heavy atom. The molecule has 2 heterocycles. The maximum absolute atomic E-state index is 13.0. The standard InChI is InChI=1S/C21H21N3O3/c1-24-19(25)12-17(20(24)13-3-6-16(27-2)7-4-13)21(26)23-15-5-8-18-14(11-15)9-10-22-18/h3-11,17,20,22H,12H2,1-2H3,(H,23,26). The van der Waals surface area contributed by atoms with E-state index in [0.717, 1.165) is 27.9 Å². The fraction of sp³-hybridized carbons (Fsp3) is 0.238. The van der Waals surface area contributed by atoms with Crippen molar-refractivity contribution in [2.45, 2.75) is 12.5 Å². The molecule has 0 radical (unpaired) electrons. The van der Waals surface area contributed by atoms with Crippen molar-refractivity contribution in [3.05, 3.63) is 60.3 Å². The minimum atomic E-state index is -0.446. The van der Waals surface area contributed by atoms with Gasteiger partial charge < -0.3 is 19.9 Å². The molecule has 6 heteroatoms. The topological polar surface area (TPSA) is 74.4 Å². The molecule has 2 aromatic carbocycles. The molecular weight excluding hydrogens is 342 g/mol. The lowest BCUT2D eigenvalue weighted by molar-refractivity contribution is -0.127. The van der Waals surface area contributed by atoms with Gasteiger partial charge in [0.2, 0.25) is 11.8 Å².